The highest BCUT2D eigenvalue weighted by atomic mass is 16.1. The normalized spacial score (nSPS) is 22.3. The van der Waals surface area contributed by atoms with Gasteiger partial charge in [-0.1, -0.05) is 20.8 Å². The van der Waals surface area contributed by atoms with Crippen LogP contribution in [0.2, 0.25) is 0 Å². The van der Waals surface area contributed by atoms with E-state index in [9.17, 15) is 4.79 Å². The molecule has 1 fully saturated rings. The Morgan fingerprint density at radius 3 is 2.46 bits per heavy atom. The Balaban J connectivity index is 0.000000671. The molecule has 0 bridgehead atoms. The first-order chi connectivity index (χ1) is 6.24. The lowest BCUT2D eigenvalue weighted by molar-refractivity contribution is -0.120. The Labute approximate surface area is 82.3 Å². The average Bonchev–Trinajstić information content (AvgIpc) is 2.57. The van der Waals surface area contributed by atoms with Gasteiger partial charge >= 0.3 is 0 Å². The van der Waals surface area contributed by atoms with Gasteiger partial charge in [-0.3, -0.25) is 4.79 Å². The number of likely N-dealkylation sites (tertiary alicyclic amines) is 1. The van der Waals surface area contributed by atoms with Crippen molar-refractivity contribution in [3.63, 3.8) is 0 Å². The number of hydrogen-bond acceptors (Lipinski definition) is 2. The maximum Gasteiger partial charge on any atom is 0.134 e. The van der Waals surface area contributed by atoms with Crippen LogP contribution >= 0.6 is 0 Å². The van der Waals surface area contributed by atoms with E-state index in [4.69, 9.17) is 0 Å². The summed E-state index contributed by atoms with van der Waals surface area (Å²) < 4.78 is 0. The number of nitrogens with zero attached hydrogens (tertiary/aromatic N) is 1. The zero-order valence-corrected chi connectivity index (χ0v) is 9.47. The van der Waals surface area contributed by atoms with Crippen molar-refractivity contribution in [3.05, 3.63) is 0 Å². The third-order valence-corrected chi connectivity index (χ3v) is 2.39. The highest BCUT2D eigenvalue weighted by molar-refractivity contribution is 5.78. The Morgan fingerprint density at radius 1 is 1.46 bits per heavy atom. The number of hydrogen-bond donors (Lipinski definition) is 0. The van der Waals surface area contributed by atoms with Crippen molar-refractivity contribution in [1.29, 1.82) is 0 Å². The second-order valence-electron chi connectivity index (χ2n) is 3.40. The molecule has 0 spiro atoms. The van der Waals surface area contributed by atoms with Crippen LogP contribution in [0.4, 0.5) is 0 Å². The summed E-state index contributed by atoms with van der Waals surface area (Å²) in [5.74, 6) is 0.699. The van der Waals surface area contributed by atoms with Gasteiger partial charge < -0.3 is 4.90 Å². The Hall–Kier alpha value is -0.370. The number of carbonyl (C=O) groups excluding carboxylic acids is 1. The molecule has 1 rings (SSSR count). The Morgan fingerprint density at radius 2 is 2.08 bits per heavy atom. The van der Waals surface area contributed by atoms with Crippen LogP contribution in [0.15, 0.2) is 0 Å². The molecular weight excluding hydrogens is 162 g/mol. The van der Waals surface area contributed by atoms with Crippen LogP contribution < -0.4 is 0 Å². The highest BCUT2D eigenvalue weighted by Crippen LogP contribution is 2.16. The molecule has 78 valence electrons. The molecule has 0 saturated carbocycles. The number of rotatable bonds is 3. The van der Waals surface area contributed by atoms with E-state index >= 15 is 0 Å². The first-order valence-electron chi connectivity index (χ1n) is 5.47. The van der Waals surface area contributed by atoms with Crippen LogP contribution in [-0.4, -0.2) is 30.3 Å². The van der Waals surface area contributed by atoms with Crippen molar-refractivity contribution in [2.24, 2.45) is 5.92 Å². The van der Waals surface area contributed by atoms with E-state index in [0.717, 1.165) is 26.1 Å². The molecule has 1 unspecified atom stereocenters. The summed E-state index contributed by atoms with van der Waals surface area (Å²) in [6, 6.07) is 0. The largest absolute Gasteiger partial charge is 0.303 e. The van der Waals surface area contributed by atoms with E-state index in [2.05, 4.69) is 11.8 Å². The minimum Gasteiger partial charge on any atom is -0.303 e. The fourth-order valence-electron chi connectivity index (χ4n) is 1.68. The highest BCUT2D eigenvalue weighted by Gasteiger charge is 2.24. The number of Topliss-reactive ketones (excluding diaryl/α,β-unsaturated/α-hetero) is 1. The van der Waals surface area contributed by atoms with Crippen LogP contribution in [0.5, 0.6) is 0 Å². The molecule has 1 heterocycles. The monoisotopic (exact) mass is 185 g/mol. The molecule has 0 amide bonds. The minimum absolute atomic E-state index is 0.335. The Bertz CT molecular complexity index is 145. The lowest BCUT2D eigenvalue weighted by Gasteiger charge is -2.12. The molecule has 0 aliphatic carbocycles. The van der Waals surface area contributed by atoms with Crippen LogP contribution in [0.1, 0.15) is 40.5 Å². The zero-order valence-electron chi connectivity index (χ0n) is 9.47. The van der Waals surface area contributed by atoms with E-state index in [1.807, 2.05) is 13.8 Å². The van der Waals surface area contributed by atoms with Crippen molar-refractivity contribution in [2.75, 3.05) is 19.6 Å². The van der Waals surface area contributed by atoms with Crippen molar-refractivity contribution < 1.29 is 4.79 Å². The van der Waals surface area contributed by atoms with Gasteiger partial charge in [-0.2, -0.15) is 0 Å². The maximum absolute atomic E-state index is 11.0. The minimum atomic E-state index is 0.335. The van der Waals surface area contributed by atoms with E-state index in [0.29, 0.717) is 11.7 Å². The average molecular weight is 185 g/mol. The quantitative estimate of drug-likeness (QED) is 0.672. The summed E-state index contributed by atoms with van der Waals surface area (Å²) in [7, 11) is 0. The summed E-state index contributed by atoms with van der Waals surface area (Å²) >= 11 is 0. The Kier molecular flexibility index (Phi) is 6.87. The van der Waals surface area contributed by atoms with Gasteiger partial charge in [0.25, 0.3) is 0 Å². The third kappa shape index (κ3) is 4.41. The molecule has 1 saturated heterocycles. The van der Waals surface area contributed by atoms with E-state index in [-0.39, 0.29) is 0 Å². The van der Waals surface area contributed by atoms with Crippen molar-refractivity contribution in [2.45, 2.75) is 40.5 Å². The summed E-state index contributed by atoms with van der Waals surface area (Å²) in [4.78, 5) is 13.4. The van der Waals surface area contributed by atoms with Gasteiger partial charge in [-0.15, -0.1) is 0 Å². The van der Waals surface area contributed by atoms with E-state index in [1.54, 1.807) is 6.92 Å². The van der Waals surface area contributed by atoms with Crippen molar-refractivity contribution in [3.8, 4) is 0 Å². The number of ketones is 1. The van der Waals surface area contributed by atoms with Gasteiger partial charge in [0.1, 0.15) is 5.78 Å². The van der Waals surface area contributed by atoms with Gasteiger partial charge in [-0.25, -0.2) is 0 Å². The summed E-state index contributed by atoms with van der Waals surface area (Å²) in [5.41, 5.74) is 0. The molecule has 2 heteroatoms. The molecule has 1 aliphatic rings. The molecule has 0 aromatic heterocycles. The SMILES string of the molecule is CC.CCCN1CCC(C(C)=O)C1. The maximum atomic E-state index is 11.0. The summed E-state index contributed by atoms with van der Waals surface area (Å²) in [6.07, 6.45) is 2.28. The van der Waals surface area contributed by atoms with E-state index < -0.39 is 0 Å². The third-order valence-electron chi connectivity index (χ3n) is 2.39. The van der Waals surface area contributed by atoms with Gasteiger partial charge in [0.2, 0.25) is 0 Å². The van der Waals surface area contributed by atoms with Gasteiger partial charge in [0, 0.05) is 12.5 Å². The zero-order chi connectivity index (χ0) is 10.3. The molecule has 1 atom stereocenters. The second kappa shape index (κ2) is 7.07. The standard InChI is InChI=1S/C9H17NO.C2H6/c1-3-5-10-6-4-9(7-10)8(2)11;1-2/h9H,3-7H2,1-2H3;1-2H3. The lowest BCUT2D eigenvalue weighted by atomic mass is 10.1. The smallest absolute Gasteiger partial charge is 0.134 e. The van der Waals surface area contributed by atoms with Gasteiger partial charge in [0.05, 0.1) is 0 Å². The second-order valence-corrected chi connectivity index (χ2v) is 3.40. The molecule has 0 aromatic carbocycles. The van der Waals surface area contributed by atoms with Crippen LogP contribution in [0, 0.1) is 5.92 Å². The van der Waals surface area contributed by atoms with Crippen LogP contribution in [0.3, 0.4) is 0 Å². The molecule has 0 N–H and O–H groups in total. The fraction of sp³-hybridized carbons (Fsp3) is 0.909. The molecular formula is C11H23NO. The molecule has 0 aromatic rings. The molecule has 13 heavy (non-hydrogen) atoms. The number of carbonyl (C=O) groups is 1. The molecule has 2 nitrogen and oxygen atoms in total. The first kappa shape index (κ1) is 12.6. The summed E-state index contributed by atoms with van der Waals surface area (Å²) in [6.45, 7) is 11.2. The molecule has 0 radical (unpaired) electrons. The molecule has 1 aliphatic heterocycles. The van der Waals surface area contributed by atoms with Crippen LogP contribution in [0.25, 0.3) is 0 Å². The van der Waals surface area contributed by atoms with Crippen molar-refractivity contribution >= 4 is 5.78 Å². The van der Waals surface area contributed by atoms with E-state index in [1.165, 1.54) is 6.42 Å². The summed E-state index contributed by atoms with van der Waals surface area (Å²) in [5, 5.41) is 0. The van der Waals surface area contributed by atoms with Crippen molar-refractivity contribution in [1.82, 2.24) is 4.90 Å². The van der Waals surface area contributed by atoms with Gasteiger partial charge in [-0.05, 0) is 32.9 Å². The first-order valence-corrected chi connectivity index (χ1v) is 5.47. The van der Waals surface area contributed by atoms with Gasteiger partial charge in [0.15, 0.2) is 0 Å². The van der Waals surface area contributed by atoms with Crippen LogP contribution in [-0.2, 0) is 4.79 Å². The topological polar surface area (TPSA) is 20.3 Å². The predicted molar refractivity (Wildman–Crippen MR) is 56.9 cm³/mol. The predicted octanol–water partition coefficient (Wildman–Crippen LogP) is 2.33. The lowest BCUT2D eigenvalue weighted by Crippen LogP contribution is -2.23. The fourth-order valence-corrected chi connectivity index (χ4v) is 1.68.